The van der Waals surface area contributed by atoms with Gasteiger partial charge in [-0.3, -0.25) is 19.2 Å². The zero-order valence-corrected chi connectivity index (χ0v) is 53.5. The molecule has 9 saturated heterocycles. The molecule has 23 heteroatoms. The first-order valence-corrected chi connectivity index (χ1v) is 32.1. The number of hydrogen-bond donors (Lipinski definition) is 3. The number of aliphatic hydroxyl groups excluding tert-OH is 3. The molecule has 0 spiro atoms. The minimum Gasteiger partial charge on any atom is -0.790 e. The molecule has 9 aliphatic heterocycles. The van der Waals surface area contributed by atoms with E-state index in [1.807, 2.05) is 23.0 Å². The second kappa shape index (κ2) is 33.4. The number of carbonyl (C=O) groups excluding carboxylic acids is 6. The van der Waals surface area contributed by atoms with Crippen LogP contribution in [0, 0.1) is 16.2 Å². The Morgan fingerprint density at radius 1 is 0.473 bits per heavy atom. The molecule has 12 fully saturated rings. The van der Waals surface area contributed by atoms with E-state index in [-0.39, 0.29) is 112 Å². The molecular weight excluding hydrogens is 1290 g/mol. The van der Waals surface area contributed by atoms with Gasteiger partial charge in [0, 0.05) is 30.7 Å². The fraction of sp³-hybridized carbons (Fsp3) is 0.882. The van der Waals surface area contributed by atoms with Crippen molar-refractivity contribution in [3.05, 3.63) is 0 Å². The molecule has 0 aromatic rings. The zero-order chi connectivity index (χ0) is 53.8. The van der Waals surface area contributed by atoms with Crippen LogP contribution in [-0.2, 0) is 95.1 Å². The first kappa shape index (κ1) is 68.7. The summed E-state index contributed by atoms with van der Waals surface area (Å²) in [7, 11) is 0. The molecular formula is C51H80O15S6Sb2. The number of hydrogen-bond acceptors (Lipinski definition) is 21. The van der Waals surface area contributed by atoms with Crippen LogP contribution in [0.1, 0.15) is 149 Å². The van der Waals surface area contributed by atoms with Crippen LogP contribution >= 0.6 is 35.3 Å². The van der Waals surface area contributed by atoms with E-state index in [2.05, 4.69) is 58.7 Å². The van der Waals surface area contributed by atoms with Crippen molar-refractivity contribution in [2.45, 2.75) is 183 Å². The predicted molar refractivity (Wildman–Crippen MR) is 298 cm³/mol. The second-order valence-electron chi connectivity index (χ2n) is 20.9. The molecule has 3 N–H and O–H groups in total. The third kappa shape index (κ3) is 18.7. The van der Waals surface area contributed by atoms with Crippen molar-refractivity contribution in [1.82, 2.24) is 0 Å². The maximum atomic E-state index is 12.2. The van der Waals surface area contributed by atoms with Gasteiger partial charge in [0.1, 0.15) is 46.4 Å². The molecule has 0 aromatic heterocycles. The Bertz CT molecular complexity index is 1690. The van der Waals surface area contributed by atoms with Crippen molar-refractivity contribution in [3.8, 4) is 0 Å². The van der Waals surface area contributed by atoms with Gasteiger partial charge in [0.15, 0.2) is 0 Å². The van der Waals surface area contributed by atoms with Gasteiger partial charge in [0.25, 0.3) is 0 Å². The van der Waals surface area contributed by atoms with E-state index in [0.29, 0.717) is 60.8 Å². The summed E-state index contributed by atoms with van der Waals surface area (Å²) >= 11 is 19.3. The number of carbonyl (C=O) groups is 6. The Hall–Kier alpha value is 0.436. The molecule has 12 aliphatic rings. The Balaban J connectivity index is 0.000000262. The molecule has 3 aliphatic carbocycles. The van der Waals surface area contributed by atoms with Crippen LogP contribution in [-0.4, -0.2) is 205 Å². The normalized spacial score (nSPS) is 33.6. The number of thioether (sulfide) groups is 3. The van der Waals surface area contributed by atoms with Gasteiger partial charge in [-0.05, 0) is 38.5 Å². The van der Waals surface area contributed by atoms with Crippen LogP contribution in [0.5, 0.6) is 0 Å². The summed E-state index contributed by atoms with van der Waals surface area (Å²) in [6.45, 7) is 9.46. The first-order valence-electron chi connectivity index (χ1n) is 26.2. The van der Waals surface area contributed by atoms with Crippen LogP contribution in [0.2, 0.25) is 3.86 Å². The summed E-state index contributed by atoms with van der Waals surface area (Å²) in [5, 5.41) is 22.7. The van der Waals surface area contributed by atoms with Crippen molar-refractivity contribution in [2.75, 3.05) is 76.7 Å². The maximum absolute atomic E-state index is 12.2. The third-order valence-electron chi connectivity index (χ3n) is 14.4. The van der Waals surface area contributed by atoms with Gasteiger partial charge in [-0.1, -0.05) is 65.2 Å². The average molecular weight is 1370 g/mol. The predicted octanol–water partition coefficient (Wildman–Crippen LogP) is 5.84. The molecule has 74 heavy (non-hydrogen) atoms. The van der Waals surface area contributed by atoms with Crippen LogP contribution in [0.25, 0.3) is 0 Å². The minimum atomic E-state index is -0.458. The Morgan fingerprint density at radius 2 is 0.757 bits per heavy atom. The molecule has 6 bridgehead atoms. The summed E-state index contributed by atoms with van der Waals surface area (Å²) < 4.78 is 31.6. The van der Waals surface area contributed by atoms with E-state index in [4.69, 9.17) is 43.7 Å². The van der Waals surface area contributed by atoms with Gasteiger partial charge >= 0.3 is 192 Å². The molecule has 0 aromatic carbocycles. The fourth-order valence-electron chi connectivity index (χ4n) is 10.9. The molecule has 3 saturated carbocycles. The summed E-state index contributed by atoms with van der Waals surface area (Å²) in [5.41, 5.74) is -0.243. The van der Waals surface area contributed by atoms with Crippen molar-refractivity contribution < 1.29 is 72.5 Å². The molecule has 4 radical (unpaired) electrons. The Kier molecular flexibility index (Phi) is 31.0. The molecule has 420 valence electrons. The topological polar surface area (TPSA) is 218 Å². The van der Waals surface area contributed by atoms with Crippen molar-refractivity contribution in [2.24, 2.45) is 16.2 Å². The van der Waals surface area contributed by atoms with Crippen LogP contribution in [0.15, 0.2) is 0 Å². The van der Waals surface area contributed by atoms with E-state index in [0.717, 1.165) is 89.9 Å². The van der Waals surface area contributed by atoms with E-state index in [1.54, 1.807) is 0 Å². The zero-order valence-electron chi connectivity index (χ0n) is 43.5. The van der Waals surface area contributed by atoms with Crippen LogP contribution < -0.4 is 0 Å². The third-order valence-corrected chi connectivity index (χ3v) is 21.2. The first-order chi connectivity index (χ1) is 34.9. The van der Waals surface area contributed by atoms with E-state index < -0.39 is 14.2 Å². The van der Waals surface area contributed by atoms with Gasteiger partial charge in [0.05, 0.1) is 0 Å². The largest absolute Gasteiger partial charge is 3.00 e. The number of esters is 6. The summed E-state index contributed by atoms with van der Waals surface area (Å²) in [6.07, 6.45) is 19.9. The number of ether oxygens (including phenoxy) is 6. The molecule has 9 heterocycles. The Labute approximate surface area is 500 Å². The summed E-state index contributed by atoms with van der Waals surface area (Å²) in [5.74, 6) is 0.649. The molecule has 12 rings (SSSR count). The summed E-state index contributed by atoms with van der Waals surface area (Å²) in [4.78, 5) is 72.8. The smallest absolute Gasteiger partial charge is 0.790 e. The van der Waals surface area contributed by atoms with Gasteiger partial charge in [-0.2, -0.15) is 17.3 Å². The molecule has 15 nitrogen and oxygen atoms in total. The Morgan fingerprint density at radius 3 is 1.03 bits per heavy atom. The van der Waals surface area contributed by atoms with E-state index in [1.165, 1.54) is 73.8 Å². The SMILES string of the molecule is CCCCCCC1SC23CC(COC1=O)(COC2=O)C3.CCCCCCC1SC23CC(COC1=O)(COC2=O)C3.CCC[CH]([Sb])CCC1SC23CC(COC1=O)(COC2=O)C3.OCC[S-].OCC[S-].OCC[S-].[Sb+3]. The van der Waals surface area contributed by atoms with E-state index in [9.17, 15) is 28.8 Å². The summed E-state index contributed by atoms with van der Waals surface area (Å²) in [6, 6.07) is 0. The fourth-order valence-corrected chi connectivity index (χ4v) is 17.8. The van der Waals surface area contributed by atoms with Crippen molar-refractivity contribution in [1.29, 1.82) is 0 Å². The average Bonchev–Trinajstić information content (AvgIpc) is 3.35. The molecule has 4 unspecified atom stereocenters. The second-order valence-corrected chi connectivity index (χ2v) is 29.0. The van der Waals surface area contributed by atoms with Gasteiger partial charge < -0.3 is 72.2 Å². The monoisotopic (exact) mass is 1370 g/mol. The van der Waals surface area contributed by atoms with Crippen LogP contribution in [0.3, 0.4) is 0 Å². The quantitative estimate of drug-likeness (QED) is 0.0483. The number of unbranched alkanes of at least 4 members (excludes halogenated alkanes) is 6. The number of aliphatic hydroxyl groups is 3. The molecule has 4 atom stereocenters. The number of fused-ring (bicyclic) bond motifs is 6. The van der Waals surface area contributed by atoms with Gasteiger partial charge in [-0.25, -0.2) is 0 Å². The van der Waals surface area contributed by atoms with Crippen molar-refractivity contribution in [3.63, 3.8) is 0 Å². The standard InChI is InChI=1S/2C15H22O4S.C15H21O4S.3C2H6OS.2Sb/c3*1-2-3-4-5-6-11-12(16)18-9-14-7-15(8-14,20-11)13(17)19-10-14;3*3-1-2-4;;/h2*11H,2-10H2,1H3;4,11H,2-3,5-10H2,1H3;3*3-4H,1-2H2;;/q;;;;;;;+3/p-3. The van der Waals surface area contributed by atoms with Crippen LogP contribution in [0.4, 0.5) is 0 Å². The van der Waals surface area contributed by atoms with Gasteiger partial charge in [0.2, 0.25) is 0 Å². The minimum absolute atomic E-state index is 0. The maximum Gasteiger partial charge on any atom is 3.00 e. The van der Waals surface area contributed by atoms with Gasteiger partial charge in [-0.15, -0.1) is 23.5 Å². The number of rotatable bonds is 18. The van der Waals surface area contributed by atoms with Crippen molar-refractivity contribution >= 4 is 156 Å². The molecule has 0 amide bonds. The number of cyclic esters (lactones) is 3. The van der Waals surface area contributed by atoms with E-state index >= 15 is 0 Å².